The Hall–Kier alpha value is -1.02. The van der Waals surface area contributed by atoms with Gasteiger partial charge in [-0.3, -0.25) is 0 Å². The van der Waals surface area contributed by atoms with Gasteiger partial charge in [-0.05, 0) is 60.8 Å². The number of ether oxygens (including phenoxy) is 1. The molecule has 0 saturated heterocycles. The van der Waals surface area contributed by atoms with Crippen molar-refractivity contribution in [2.45, 2.75) is 38.6 Å². The van der Waals surface area contributed by atoms with E-state index in [2.05, 4.69) is 23.5 Å². The molecule has 0 spiro atoms. The van der Waals surface area contributed by atoms with Gasteiger partial charge in [-0.15, -0.1) is 0 Å². The molecule has 1 heterocycles. The smallest absolute Gasteiger partial charge is 0.122 e. The summed E-state index contributed by atoms with van der Waals surface area (Å²) in [5.41, 5.74) is 2.80. The van der Waals surface area contributed by atoms with Gasteiger partial charge in [0, 0.05) is 13.0 Å². The molecule has 2 fully saturated rings. The van der Waals surface area contributed by atoms with E-state index in [-0.39, 0.29) is 0 Å². The summed E-state index contributed by atoms with van der Waals surface area (Å²) in [6, 6.07) is 6.66. The van der Waals surface area contributed by atoms with Crippen LogP contribution < -0.4 is 10.1 Å². The SMILES string of the molecule is c1cc2c(cc1CNCC1CC3CCC1C3)CCO2. The molecule has 3 aliphatic rings. The van der Waals surface area contributed by atoms with Crippen LogP contribution in [-0.4, -0.2) is 13.2 Å². The summed E-state index contributed by atoms with van der Waals surface area (Å²) in [6.45, 7) is 3.09. The Balaban J connectivity index is 1.30. The van der Waals surface area contributed by atoms with Crippen molar-refractivity contribution in [1.29, 1.82) is 0 Å². The number of hydrogen-bond acceptors (Lipinski definition) is 2. The van der Waals surface area contributed by atoms with Crippen molar-refractivity contribution in [3.8, 4) is 5.75 Å². The second-order valence-electron chi connectivity index (χ2n) is 6.61. The molecule has 2 saturated carbocycles. The van der Waals surface area contributed by atoms with Crippen LogP contribution in [0.15, 0.2) is 18.2 Å². The summed E-state index contributed by atoms with van der Waals surface area (Å²) in [6.07, 6.45) is 7.08. The molecule has 3 atom stereocenters. The van der Waals surface area contributed by atoms with Gasteiger partial charge in [0.25, 0.3) is 0 Å². The molecule has 2 bridgehead atoms. The second-order valence-corrected chi connectivity index (χ2v) is 6.61. The van der Waals surface area contributed by atoms with E-state index < -0.39 is 0 Å². The van der Waals surface area contributed by atoms with Crippen LogP contribution >= 0.6 is 0 Å². The zero-order valence-corrected chi connectivity index (χ0v) is 11.5. The van der Waals surface area contributed by atoms with Gasteiger partial charge in [-0.2, -0.15) is 0 Å². The minimum absolute atomic E-state index is 0.858. The molecular formula is C17H23NO. The van der Waals surface area contributed by atoms with Gasteiger partial charge in [0.2, 0.25) is 0 Å². The first-order valence-electron chi connectivity index (χ1n) is 7.84. The van der Waals surface area contributed by atoms with E-state index >= 15 is 0 Å². The van der Waals surface area contributed by atoms with Gasteiger partial charge in [0.15, 0.2) is 0 Å². The Morgan fingerprint density at radius 2 is 2.21 bits per heavy atom. The minimum atomic E-state index is 0.858. The van der Waals surface area contributed by atoms with Gasteiger partial charge >= 0.3 is 0 Å². The predicted octanol–water partition coefficient (Wildman–Crippen LogP) is 3.15. The molecule has 19 heavy (non-hydrogen) atoms. The maximum Gasteiger partial charge on any atom is 0.122 e. The lowest BCUT2D eigenvalue weighted by Crippen LogP contribution is -2.26. The van der Waals surface area contributed by atoms with E-state index in [4.69, 9.17) is 4.74 Å². The average Bonchev–Trinajstić information content (AvgIpc) is 3.14. The summed E-state index contributed by atoms with van der Waals surface area (Å²) < 4.78 is 5.55. The lowest BCUT2D eigenvalue weighted by molar-refractivity contribution is 0.318. The van der Waals surface area contributed by atoms with Crippen LogP contribution in [0.4, 0.5) is 0 Å². The molecule has 4 rings (SSSR count). The number of rotatable bonds is 4. The molecule has 2 heteroatoms. The van der Waals surface area contributed by atoms with Crippen LogP contribution in [0.25, 0.3) is 0 Å². The van der Waals surface area contributed by atoms with Crippen LogP contribution in [0.1, 0.15) is 36.8 Å². The Kier molecular flexibility index (Phi) is 2.99. The molecule has 1 aliphatic heterocycles. The van der Waals surface area contributed by atoms with Crippen LogP contribution in [0.3, 0.4) is 0 Å². The number of benzene rings is 1. The van der Waals surface area contributed by atoms with Crippen molar-refractivity contribution in [2.24, 2.45) is 17.8 Å². The molecule has 0 aromatic heterocycles. The van der Waals surface area contributed by atoms with Crippen LogP contribution in [-0.2, 0) is 13.0 Å². The quantitative estimate of drug-likeness (QED) is 0.894. The van der Waals surface area contributed by atoms with Crippen LogP contribution in [0.2, 0.25) is 0 Å². The van der Waals surface area contributed by atoms with E-state index in [0.29, 0.717) is 0 Å². The first-order chi connectivity index (χ1) is 9.38. The summed E-state index contributed by atoms with van der Waals surface area (Å²) in [4.78, 5) is 0. The maximum atomic E-state index is 5.55. The predicted molar refractivity (Wildman–Crippen MR) is 76.3 cm³/mol. The largest absolute Gasteiger partial charge is 0.493 e. The lowest BCUT2D eigenvalue weighted by Gasteiger charge is -2.22. The van der Waals surface area contributed by atoms with Gasteiger partial charge in [0.05, 0.1) is 6.61 Å². The zero-order chi connectivity index (χ0) is 12.7. The summed E-state index contributed by atoms with van der Waals surface area (Å²) in [7, 11) is 0. The molecule has 1 aromatic carbocycles. The third-order valence-corrected chi connectivity index (χ3v) is 5.37. The Morgan fingerprint density at radius 1 is 1.21 bits per heavy atom. The number of nitrogens with one attached hydrogen (secondary N) is 1. The minimum Gasteiger partial charge on any atom is -0.493 e. The highest BCUT2D eigenvalue weighted by Crippen LogP contribution is 2.47. The molecule has 3 unspecified atom stereocenters. The molecule has 1 aromatic rings. The van der Waals surface area contributed by atoms with Crippen molar-refractivity contribution < 1.29 is 4.74 Å². The number of hydrogen-bond donors (Lipinski definition) is 1. The zero-order valence-electron chi connectivity index (χ0n) is 11.5. The fourth-order valence-electron chi connectivity index (χ4n) is 4.38. The first kappa shape index (κ1) is 11.8. The Morgan fingerprint density at radius 3 is 3.05 bits per heavy atom. The van der Waals surface area contributed by atoms with E-state index in [0.717, 1.165) is 43.1 Å². The molecule has 1 N–H and O–H groups in total. The topological polar surface area (TPSA) is 21.3 Å². The third-order valence-electron chi connectivity index (χ3n) is 5.37. The van der Waals surface area contributed by atoms with Crippen molar-refractivity contribution in [1.82, 2.24) is 5.32 Å². The molecule has 0 amide bonds. The molecule has 0 radical (unpaired) electrons. The first-order valence-corrected chi connectivity index (χ1v) is 7.84. The van der Waals surface area contributed by atoms with Gasteiger partial charge in [-0.25, -0.2) is 0 Å². The summed E-state index contributed by atoms with van der Waals surface area (Å²) >= 11 is 0. The fraction of sp³-hybridized carbons (Fsp3) is 0.647. The van der Waals surface area contributed by atoms with Gasteiger partial charge in [-0.1, -0.05) is 18.6 Å². The fourth-order valence-corrected chi connectivity index (χ4v) is 4.38. The summed E-state index contributed by atoms with van der Waals surface area (Å²) in [5.74, 6) is 4.15. The standard InChI is InChI=1S/C17H23NO/c1-3-14-7-12(1)8-16(14)11-18-10-13-2-4-17-15(9-13)5-6-19-17/h2,4,9,12,14,16,18H,1,3,5-8,10-11H2. The van der Waals surface area contributed by atoms with E-state index in [1.807, 2.05) is 0 Å². The second kappa shape index (κ2) is 4.82. The lowest BCUT2D eigenvalue weighted by atomic mass is 9.89. The highest BCUT2D eigenvalue weighted by atomic mass is 16.5. The molecule has 2 nitrogen and oxygen atoms in total. The van der Waals surface area contributed by atoms with E-state index in [1.54, 1.807) is 0 Å². The third kappa shape index (κ3) is 2.27. The van der Waals surface area contributed by atoms with Crippen molar-refractivity contribution in [3.63, 3.8) is 0 Å². The molecule has 102 valence electrons. The molecule has 2 aliphatic carbocycles. The molecular weight excluding hydrogens is 234 g/mol. The number of fused-ring (bicyclic) bond motifs is 3. The highest BCUT2D eigenvalue weighted by molar-refractivity contribution is 5.39. The van der Waals surface area contributed by atoms with Crippen LogP contribution in [0, 0.1) is 17.8 Å². The van der Waals surface area contributed by atoms with Crippen LogP contribution in [0.5, 0.6) is 5.75 Å². The highest BCUT2D eigenvalue weighted by Gasteiger charge is 2.38. The Bertz CT molecular complexity index is 470. The monoisotopic (exact) mass is 257 g/mol. The van der Waals surface area contributed by atoms with E-state index in [1.165, 1.54) is 43.4 Å². The Labute approximate surface area is 115 Å². The normalized spacial score (nSPS) is 31.5. The summed E-state index contributed by atoms with van der Waals surface area (Å²) in [5, 5.41) is 3.68. The van der Waals surface area contributed by atoms with Gasteiger partial charge < -0.3 is 10.1 Å². The van der Waals surface area contributed by atoms with E-state index in [9.17, 15) is 0 Å². The van der Waals surface area contributed by atoms with Gasteiger partial charge in [0.1, 0.15) is 5.75 Å². The van der Waals surface area contributed by atoms with Crippen molar-refractivity contribution in [3.05, 3.63) is 29.3 Å². The van der Waals surface area contributed by atoms with Crippen molar-refractivity contribution in [2.75, 3.05) is 13.2 Å². The maximum absolute atomic E-state index is 5.55. The average molecular weight is 257 g/mol. The van der Waals surface area contributed by atoms with Crippen molar-refractivity contribution >= 4 is 0 Å².